The molecule has 1 rings (SSSR count). The fourth-order valence-corrected chi connectivity index (χ4v) is 0.880. The number of rotatable bonds is 3. The van der Waals surface area contributed by atoms with Gasteiger partial charge in [-0.15, -0.1) is 0 Å². The number of carbonyl (C=O) groups is 1. The van der Waals surface area contributed by atoms with E-state index < -0.39 is 10.0 Å². The van der Waals surface area contributed by atoms with E-state index in [4.69, 9.17) is 0 Å². The average molecular weight is 176 g/mol. The molecule has 1 heterocycles. The summed E-state index contributed by atoms with van der Waals surface area (Å²) in [5.41, 5.74) is -0.207. The van der Waals surface area contributed by atoms with E-state index in [9.17, 15) is 13.2 Å². The van der Waals surface area contributed by atoms with E-state index >= 15 is 0 Å². The van der Waals surface area contributed by atoms with Gasteiger partial charge in [0.2, 0.25) is 0 Å². The molecule has 0 radical (unpaired) electrons. The molecule has 7 heteroatoms. The van der Waals surface area contributed by atoms with Crippen LogP contribution in [0.1, 0.15) is 0 Å². The van der Waals surface area contributed by atoms with E-state index in [1.54, 1.807) is 0 Å². The molecule has 11 heavy (non-hydrogen) atoms. The van der Waals surface area contributed by atoms with Crippen LogP contribution in [0.5, 0.6) is 0 Å². The molecular weight excluding hydrogens is 172 g/mol. The minimum atomic E-state index is -3.90. The van der Waals surface area contributed by atoms with Crippen molar-refractivity contribution in [1.29, 1.82) is 0 Å². The van der Waals surface area contributed by atoms with Gasteiger partial charge in [0, 0.05) is 6.07 Å². The summed E-state index contributed by atoms with van der Waals surface area (Å²) in [6, 6.07) is 1.28. The first kappa shape index (κ1) is 7.73. The lowest BCUT2D eigenvalue weighted by Gasteiger charge is -1.93. The minimum absolute atomic E-state index is 0.0166. The van der Waals surface area contributed by atoms with Gasteiger partial charge in [0.15, 0.2) is 5.82 Å². The van der Waals surface area contributed by atoms with Gasteiger partial charge in [-0.1, -0.05) is 5.16 Å². The number of nitrogens with zero attached hydrogens (tertiary/aromatic N) is 1. The maximum absolute atomic E-state index is 10.5. The van der Waals surface area contributed by atoms with Gasteiger partial charge < -0.3 is 4.52 Å². The molecule has 0 aromatic carbocycles. The fourth-order valence-electron chi connectivity index (χ4n) is 0.435. The first-order valence-corrected chi connectivity index (χ1v) is 4.07. The van der Waals surface area contributed by atoms with Gasteiger partial charge in [-0.05, 0) is 0 Å². The first-order chi connectivity index (χ1) is 5.14. The first-order valence-electron chi connectivity index (χ1n) is 2.52. The van der Waals surface area contributed by atoms with Crippen molar-refractivity contribution in [2.75, 3.05) is 4.72 Å². The van der Waals surface area contributed by atoms with Gasteiger partial charge in [0.25, 0.3) is 15.6 Å². The monoisotopic (exact) mass is 176 g/mol. The Hall–Kier alpha value is -1.37. The van der Waals surface area contributed by atoms with Crippen molar-refractivity contribution in [3.63, 3.8) is 0 Å². The number of anilines is 1. The number of hydrogen-bond donors (Lipinski definition) is 1. The molecule has 1 aromatic rings. The van der Waals surface area contributed by atoms with Crippen LogP contribution in [-0.2, 0) is 14.8 Å². The molecule has 0 bridgehead atoms. The summed E-state index contributed by atoms with van der Waals surface area (Å²) >= 11 is 0. The van der Waals surface area contributed by atoms with Crippen LogP contribution in [0.25, 0.3) is 0 Å². The van der Waals surface area contributed by atoms with Crippen LogP contribution in [0, 0.1) is 0 Å². The Labute approximate surface area is 62.2 Å². The summed E-state index contributed by atoms with van der Waals surface area (Å²) in [6.07, 6.45) is 1.18. The van der Waals surface area contributed by atoms with Crippen molar-refractivity contribution in [3.8, 4) is 0 Å². The zero-order chi connectivity index (χ0) is 8.32. The Morgan fingerprint density at radius 1 is 1.64 bits per heavy atom. The standard InChI is InChI=1S/C4H4N2O4S/c7-3-11(8,9)6-4-1-2-10-5-4/h1-3H,(H,5,6). The Balaban J connectivity index is 2.79. The highest BCUT2D eigenvalue weighted by atomic mass is 32.2. The molecule has 0 atom stereocenters. The van der Waals surface area contributed by atoms with Crippen molar-refractivity contribution >= 4 is 21.5 Å². The van der Waals surface area contributed by atoms with Crippen molar-refractivity contribution in [1.82, 2.24) is 5.16 Å². The lowest BCUT2D eigenvalue weighted by Crippen LogP contribution is -2.12. The van der Waals surface area contributed by atoms with E-state index in [-0.39, 0.29) is 11.4 Å². The Bertz CT molecular complexity index is 327. The summed E-state index contributed by atoms with van der Waals surface area (Å²) in [6.45, 7) is 0. The molecule has 0 aliphatic heterocycles. The molecule has 0 amide bonds. The van der Waals surface area contributed by atoms with Crippen LogP contribution in [0.2, 0.25) is 0 Å². The van der Waals surface area contributed by atoms with Gasteiger partial charge in [0.1, 0.15) is 6.26 Å². The van der Waals surface area contributed by atoms with E-state index in [0.29, 0.717) is 0 Å². The van der Waals surface area contributed by atoms with Gasteiger partial charge in [-0.25, -0.2) is 0 Å². The Morgan fingerprint density at radius 2 is 2.36 bits per heavy atom. The van der Waals surface area contributed by atoms with E-state index in [2.05, 4.69) is 9.68 Å². The zero-order valence-corrected chi connectivity index (χ0v) is 6.04. The average Bonchev–Trinajstić information content (AvgIpc) is 2.39. The summed E-state index contributed by atoms with van der Waals surface area (Å²) in [7, 11) is -3.90. The molecule has 1 N–H and O–H groups in total. The normalized spacial score (nSPS) is 10.9. The highest BCUT2D eigenvalue weighted by Crippen LogP contribution is 2.02. The van der Waals surface area contributed by atoms with Crippen LogP contribution in [-0.4, -0.2) is 19.2 Å². The lowest BCUT2D eigenvalue weighted by atomic mass is 10.7. The zero-order valence-electron chi connectivity index (χ0n) is 5.22. The summed E-state index contributed by atoms with van der Waals surface area (Å²) in [5, 5.41) is 3.23. The molecular formula is C4H4N2O4S. The fraction of sp³-hybridized carbons (Fsp3) is 0. The second-order valence-corrected chi connectivity index (χ2v) is 3.11. The molecule has 0 aliphatic rings. The van der Waals surface area contributed by atoms with E-state index in [0.717, 1.165) is 0 Å². The maximum Gasteiger partial charge on any atom is 0.294 e. The van der Waals surface area contributed by atoms with E-state index in [1.807, 2.05) is 4.72 Å². The van der Waals surface area contributed by atoms with Crippen molar-refractivity contribution in [2.45, 2.75) is 0 Å². The van der Waals surface area contributed by atoms with Gasteiger partial charge >= 0.3 is 0 Å². The SMILES string of the molecule is O=CS(=O)(=O)Nc1ccon1. The highest BCUT2D eigenvalue weighted by molar-refractivity contribution is 8.05. The maximum atomic E-state index is 10.5. The second-order valence-electron chi connectivity index (χ2n) is 1.63. The van der Waals surface area contributed by atoms with Gasteiger partial charge in [-0.2, -0.15) is 8.42 Å². The minimum Gasteiger partial charge on any atom is -0.363 e. The lowest BCUT2D eigenvalue weighted by molar-refractivity contribution is 0.423. The van der Waals surface area contributed by atoms with Crippen LogP contribution < -0.4 is 4.72 Å². The molecule has 0 fully saturated rings. The third-order valence-electron chi connectivity index (χ3n) is 0.811. The van der Waals surface area contributed by atoms with Crippen LogP contribution in [0.4, 0.5) is 5.82 Å². The van der Waals surface area contributed by atoms with Crippen LogP contribution >= 0.6 is 0 Å². The summed E-state index contributed by atoms with van der Waals surface area (Å²) < 4.78 is 27.2. The van der Waals surface area contributed by atoms with Gasteiger partial charge in [-0.3, -0.25) is 9.52 Å². The number of aromatic nitrogens is 1. The Kier molecular flexibility index (Phi) is 1.90. The van der Waals surface area contributed by atoms with Crippen LogP contribution in [0.15, 0.2) is 16.9 Å². The quantitative estimate of drug-likeness (QED) is 0.633. The van der Waals surface area contributed by atoms with Gasteiger partial charge in [0.05, 0.1) is 0 Å². The number of carbonyl (C=O) groups excluding carboxylic acids is 1. The number of nitrogens with one attached hydrogen (secondary N) is 1. The molecule has 0 aliphatic carbocycles. The van der Waals surface area contributed by atoms with Crippen LogP contribution in [0.3, 0.4) is 0 Å². The van der Waals surface area contributed by atoms with Crippen molar-refractivity contribution in [3.05, 3.63) is 12.3 Å². The number of sulfonamides is 1. The third-order valence-corrected chi connectivity index (χ3v) is 1.56. The molecule has 0 saturated carbocycles. The third kappa shape index (κ3) is 2.04. The predicted molar refractivity (Wildman–Crippen MR) is 35.8 cm³/mol. The molecule has 1 aromatic heterocycles. The highest BCUT2D eigenvalue weighted by Gasteiger charge is 2.08. The molecule has 0 unspecified atom stereocenters. The topological polar surface area (TPSA) is 89.3 Å². The number of hydrogen-bond acceptors (Lipinski definition) is 5. The second kappa shape index (κ2) is 2.70. The Morgan fingerprint density at radius 3 is 2.82 bits per heavy atom. The largest absolute Gasteiger partial charge is 0.363 e. The summed E-state index contributed by atoms with van der Waals surface area (Å²) in [5.74, 6) is -0.0166. The molecule has 0 saturated heterocycles. The van der Waals surface area contributed by atoms with E-state index in [1.165, 1.54) is 12.3 Å². The smallest absolute Gasteiger partial charge is 0.294 e. The molecule has 6 nitrogen and oxygen atoms in total. The van der Waals surface area contributed by atoms with Crippen molar-refractivity contribution in [2.24, 2.45) is 0 Å². The molecule has 0 spiro atoms. The van der Waals surface area contributed by atoms with Crippen molar-refractivity contribution < 1.29 is 17.7 Å². The summed E-state index contributed by atoms with van der Waals surface area (Å²) in [4.78, 5) is 9.84. The molecule has 60 valence electrons. The predicted octanol–water partition coefficient (Wildman–Crippen LogP) is -0.394.